The van der Waals surface area contributed by atoms with Crippen LogP contribution in [0.4, 0.5) is 11.4 Å². The molecule has 1 aromatic carbocycles. The Kier molecular flexibility index (Phi) is 6.46. The molecule has 0 spiro atoms. The van der Waals surface area contributed by atoms with E-state index in [2.05, 4.69) is 29.2 Å². The van der Waals surface area contributed by atoms with Crippen molar-refractivity contribution in [3.63, 3.8) is 0 Å². The molecule has 0 aliphatic carbocycles. The van der Waals surface area contributed by atoms with Crippen LogP contribution < -0.4 is 5.32 Å². The van der Waals surface area contributed by atoms with E-state index in [9.17, 15) is 14.9 Å². The topological polar surface area (TPSA) is 93.3 Å². The van der Waals surface area contributed by atoms with E-state index in [1.807, 2.05) is 26.4 Å². The molecule has 0 bridgehead atoms. The third-order valence-corrected chi connectivity index (χ3v) is 4.21. The van der Waals surface area contributed by atoms with Crippen LogP contribution in [-0.4, -0.2) is 38.1 Å². The number of aryl methyl sites for hydroxylation is 2. The average molecular weight is 359 g/mol. The summed E-state index contributed by atoms with van der Waals surface area (Å²) in [4.78, 5) is 24.9. The van der Waals surface area contributed by atoms with Crippen molar-refractivity contribution in [1.82, 2.24) is 14.7 Å². The van der Waals surface area contributed by atoms with Crippen molar-refractivity contribution in [2.45, 2.75) is 39.8 Å². The van der Waals surface area contributed by atoms with Gasteiger partial charge in [0, 0.05) is 56.5 Å². The molecule has 140 valence electrons. The van der Waals surface area contributed by atoms with Crippen LogP contribution in [0, 0.1) is 17.0 Å². The number of nitrogens with one attached hydrogen (secondary N) is 1. The molecule has 0 aliphatic heterocycles. The lowest BCUT2D eigenvalue weighted by Gasteiger charge is -2.25. The zero-order valence-electron chi connectivity index (χ0n) is 15.6. The van der Waals surface area contributed by atoms with E-state index in [0.717, 1.165) is 11.1 Å². The molecule has 0 atom stereocenters. The van der Waals surface area contributed by atoms with Crippen molar-refractivity contribution >= 4 is 17.3 Å². The number of hydrogen-bond acceptors (Lipinski definition) is 5. The molecule has 1 heterocycles. The Bertz CT molecular complexity index is 785. The van der Waals surface area contributed by atoms with Crippen molar-refractivity contribution < 1.29 is 9.72 Å². The summed E-state index contributed by atoms with van der Waals surface area (Å²) in [6, 6.07) is 4.74. The van der Waals surface area contributed by atoms with E-state index in [0.29, 0.717) is 25.2 Å². The molecule has 2 aromatic rings. The molecular weight excluding hydrogens is 334 g/mol. The summed E-state index contributed by atoms with van der Waals surface area (Å²) in [5.74, 6) is -0.162. The standard InChI is InChI=1S/C18H25N5O3/c1-13(2)22(12-15-10-19-21(4)11-15)8-7-18(24)20-17-9-16(23(25)26)6-5-14(17)3/h5-6,9-11,13H,7-8,12H2,1-4H3,(H,20,24). The highest BCUT2D eigenvalue weighted by molar-refractivity contribution is 5.92. The zero-order valence-corrected chi connectivity index (χ0v) is 15.6. The first-order valence-corrected chi connectivity index (χ1v) is 8.52. The van der Waals surface area contributed by atoms with Crippen molar-refractivity contribution in [1.29, 1.82) is 0 Å². The molecule has 1 N–H and O–H groups in total. The Morgan fingerprint density at radius 1 is 1.42 bits per heavy atom. The lowest BCUT2D eigenvalue weighted by molar-refractivity contribution is -0.384. The second kappa shape index (κ2) is 8.57. The summed E-state index contributed by atoms with van der Waals surface area (Å²) in [6.07, 6.45) is 4.09. The molecule has 1 amide bonds. The third kappa shape index (κ3) is 5.38. The van der Waals surface area contributed by atoms with E-state index in [4.69, 9.17) is 0 Å². The van der Waals surface area contributed by atoms with Crippen LogP contribution in [0.15, 0.2) is 30.6 Å². The summed E-state index contributed by atoms with van der Waals surface area (Å²) in [7, 11) is 1.87. The summed E-state index contributed by atoms with van der Waals surface area (Å²) >= 11 is 0. The van der Waals surface area contributed by atoms with E-state index < -0.39 is 4.92 Å². The van der Waals surface area contributed by atoms with Crippen molar-refractivity contribution in [2.24, 2.45) is 7.05 Å². The molecule has 0 aliphatic rings. The maximum absolute atomic E-state index is 12.3. The number of carbonyl (C=O) groups excluding carboxylic acids is 1. The number of hydrogen-bond donors (Lipinski definition) is 1. The van der Waals surface area contributed by atoms with Crippen molar-refractivity contribution in [3.05, 3.63) is 51.8 Å². The Morgan fingerprint density at radius 2 is 2.15 bits per heavy atom. The first kappa shape index (κ1) is 19.6. The average Bonchev–Trinajstić information content (AvgIpc) is 2.98. The first-order chi connectivity index (χ1) is 12.3. The van der Waals surface area contributed by atoms with Gasteiger partial charge in [-0.25, -0.2) is 0 Å². The molecule has 2 rings (SSSR count). The highest BCUT2D eigenvalue weighted by Crippen LogP contribution is 2.22. The van der Waals surface area contributed by atoms with Gasteiger partial charge in [-0.3, -0.25) is 24.5 Å². The van der Waals surface area contributed by atoms with Gasteiger partial charge in [0.1, 0.15) is 0 Å². The maximum Gasteiger partial charge on any atom is 0.271 e. The van der Waals surface area contributed by atoms with Crippen LogP contribution in [0.2, 0.25) is 0 Å². The van der Waals surface area contributed by atoms with Crippen LogP contribution in [0.5, 0.6) is 0 Å². The molecule has 0 saturated carbocycles. The van der Waals surface area contributed by atoms with Crippen molar-refractivity contribution in [2.75, 3.05) is 11.9 Å². The number of non-ortho nitro benzene ring substituents is 1. The summed E-state index contributed by atoms with van der Waals surface area (Å²) in [5, 5.41) is 17.8. The minimum atomic E-state index is -0.469. The van der Waals surface area contributed by atoms with Gasteiger partial charge in [-0.2, -0.15) is 5.10 Å². The van der Waals surface area contributed by atoms with Gasteiger partial charge in [-0.15, -0.1) is 0 Å². The van der Waals surface area contributed by atoms with Gasteiger partial charge in [0.2, 0.25) is 5.91 Å². The smallest absolute Gasteiger partial charge is 0.271 e. The van der Waals surface area contributed by atoms with Crippen LogP contribution in [0.25, 0.3) is 0 Å². The molecule has 8 heteroatoms. The monoisotopic (exact) mass is 359 g/mol. The lowest BCUT2D eigenvalue weighted by Crippen LogP contribution is -2.33. The quantitative estimate of drug-likeness (QED) is 0.578. The number of benzene rings is 1. The van der Waals surface area contributed by atoms with E-state index in [1.165, 1.54) is 12.1 Å². The maximum atomic E-state index is 12.3. The van der Waals surface area contributed by atoms with Crippen molar-refractivity contribution in [3.8, 4) is 0 Å². The predicted molar refractivity (Wildman–Crippen MR) is 99.8 cm³/mol. The first-order valence-electron chi connectivity index (χ1n) is 8.52. The number of nitro groups is 1. The van der Waals surface area contributed by atoms with Crippen LogP contribution in [0.3, 0.4) is 0 Å². The molecular formula is C18H25N5O3. The van der Waals surface area contributed by atoms with Gasteiger partial charge in [0.25, 0.3) is 5.69 Å². The molecule has 1 aromatic heterocycles. The Hall–Kier alpha value is -2.74. The number of nitro benzene ring substituents is 1. The second-order valence-electron chi connectivity index (χ2n) is 6.64. The summed E-state index contributed by atoms with van der Waals surface area (Å²) < 4.78 is 1.76. The van der Waals surface area contributed by atoms with E-state index in [-0.39, 0.29) is 17.6 Å². The number of aromatic nitrogens is 2. The molecule has 0 saturated heterocycles. The number of carbonyl (C=O) groups is 1. The van der Waals surface area contributed by atoms with Gasteiger partial charge in [0.15, 0.2) is 0 Å². The normalized spacial score (nSPS) is 11.2. The summed E-state index contributed by atoms with van der Waals surface area (Å²) in [6.45, 7) is 7.28. The van der Waals surface area contributed by atoms with Gasteiger partial charge in [0.05, 0.1) is 16.8 Å². The molecule has 26 heavy (non-hydrogen) atoms. The number of amides is 1. The highest BCUT2D eigenvalue weighted by Gasteiger charge is 2.15. The number of nitrogens with zero attached hydrogens (tertiary/aromatic N) is 4. The zero-order chi connectivity index (χ0) is 19.3. The minimum Gasteiger partial charge on any atom is -0.326 e. The van der Waals surface area contributed by atoms with E-state index >= 15 is 0 Å². The Balaban J connectivity index is 1.96. The fourth-order valence-corrected chi connectivity index (χ4v) is 2.62. The Labute approximate surface area is 153 Å². The Morgan fingerprint density at radius 3 is 2.73 bits per heavy atom. The van der Waals surface area contributed by atoms with Gasteiger partial charge in [-0.1, -0.05) is 6.07 Å². The lowest BCUT2D eigenvalue weighted by atomic mass is 10.1. The fraction of sp³-hybridized carbons (Fsp3) is 0.444. The van der Waals surface area contributed by atoms with Crippen LogP contribution >= 0.6 is 0 Å². The largest absolute Gasteiger partial charge is 0.326 e. The molecule has 0 radical (unpaired) electrons. The molecule has 8 nitrogen and oxygen atoms in total. The number of anilines is 1. The molecule has 0 fully saturated rings. The highest BCUT2D eigenvalue weighted by atomic mass is 16.6. The van der Waals surface area contributed by atoms with Gasteiger partial charge < -0.3 is 5.32 Å². The SMILES string of the molecule is Cc1ccc([N+](=O)[O-])cc1NC(=O)CCN(Cc1cnn(C)c1)C(C)C. The van der Waals surface area contributed by atoms with Gasteiger partial charge in [-0.05, 0) is 26.3 Å². The number of rotatable bonds is 8. The third-order valence-electron chi connectivity index (χ3n) is 4.21. The van der Waals surface area contributed by atoms with Crippen LogP contribution in [-0.2, 0) is 18.4 Å². The van der Waals surface area contributed by atoms with Crippen LogP contribution in [0.1, 0.15) is 31.4 Å². The predicted octanol–water partition coefficient (Wildman–Crippen LogP) is 2.88. The minimum absolute atomic E-state index is 0.0358. The summed E-state index contributed by atoms with van der Waals surface area (Å²) in [5.41, 5.74) is 2.33. The fourth-order valence-electron chi connectivity index (χ4n) is 2.62. The van der Waals surface area contributed by atoms with E-state index in [1.54, 1.807) is 10.7 Å². The second-order valence-corrected chi connectivity index (χ2v) is 6.64. The van der Waals surface area contributed by atoms with Gasteiger partial charge >= 0.3 is 0 Å². The molecule has 0 unspecified atom stereocenters.